The van der Waals surface area contributed by atoms with Crippen LogP contribution >= 0.6 is 0 Å². The van der Waals surface area contributed by atoms with Gasteiger partial charge in [0.25, 0.3) is 5.91 Å². The molecule has 0 aromatic heterocycles. The molecule has 1 atom stereocenters. The van der Waals surface area contributed by atoms with Crippen LogP contribution in [0.25, 0.3) is 0 Å². The fourth-order valence-electron chi connectivity index (χ4n) is 6.18. The molecule has 5 rings (SSSR count). The Hall–Kier alpha value is -1.55. The highest BCUT2D eigenvalue weighted by molar-refractivity contribution is 5.80. The Bertz CT molecular complexity index is 619. The third-order valence-electron chi connectivity index (χ3n) is 6.98. The maximum absolute atomic E-state index is 12.2. The van der Waals surface area contributed by atoms with Crippen molar-refractivity contribution in [3.05, 3.63) is 29.8 Å². The van der Waals surface area contributed by atoms with E-state index in [4.69, 9.17) is 9.84 Å². The van der Waals surface area contributed by atoms with Crippen molar-refractivity contribution in [2.75, 3.05) is 20.2 Å². The van der Waals surface area contributed by atoms with Crippen LogP contribution in [0.5, 0.6) is 5.75 Å². The molecule has 4 saturated carbocycles. The van der Waals surface area contributed by atoms with E-state index in [-0.39, 0.29) is 12.5 Å². The Morgan fingerprint density at radius 2 is 1.69 bits per heavy atom. The zero-order valence-electron chi connectivity index (χ0n) is 16.0. The molecule has 0 spiro atoms. The molecule has 4 nitrogen and oxygen atoms in total. The molecule has 142 valence electrons. The van der Waals surface area contributed by atoms with Gasteiger partial charge in [0, 0.05) is 13.6 Å². The van der Waals surface area contributed by atoms with Gasteiger partial charge in [0.1, 0.15) is 5.75 Å². The zero-order chi connectivity index (χ0) is 18.3. The molecule has 1 amide bonds. The van der Waals surface area contributed by atoms with Gasteiger partial charge in [-0.3, -0.25) is 4.79 Å². The van der Waals surface area contributed by atoms with Gasteiger partial charge in [-0.15, -0.1) is 0 Å². The normalized spacial score (nSPS) is 33.1. The van der Waals surface area contributed by atoms with E-state index in [0.717, 1.165) is 23.5 Å². The predicted molar refractivity (Wildman–Crippen MR) is 101 cm³/mol. The number of aliphatic hydroxyl groups excluding tert-OH is 1. The highest BCUT2D eigenvalue weighted by atomic mass is 16.5. The van der Waals surface area contributed by atoms with Crippen molar-refractivity contribution < 1.29 is 14.6 Å². The molecule has 4 aliphatic rings. The molecule has 1 N–H and O–H groups in total. The van der Waals surface area contributed by atoms with E-state index < -0.39 is 6.10 Å². The Kier molecular flexibility index (Phi) is 4.72. The van der Waals surface area contributed by atoms with Crippen LogP contribution in [0.1, 0.15) is 51.0 Å². The molecular formula is C22H31NO3. The van der Waals surface area contributed by atoms with Crippen LogP contribution in [0, 0.1) is 17.8 Å². The van der Waals surface area contributed by atoms with E-state index in [1.807, 2.05) is 12.1 Å². The summed E-state index contributed by atoms with van der Waals surface area (Å²) in [7, 11) is 1.69. The Balaban J connectivity index is 1.43. The molecular weight excluding hydrogens is 326 g/mol. The summed E-state index contributed by atoms with van der Waals surface area (Å²) in [4.78, 5) is 13.7. The lowest BCUT2D eigenvalue weighted by atomic mass is 9.48. The molecule has 1 unspecified atom stereocenters. The summed E-state index contributed by atoms with van der Waals surface area (Å²) in [6, 6.07) is 8.53. The van der Waals surface area contributed by atoms with Gasteiger partial charge in [-0.2, -0.15) is 0 Å². The number of ether oxygens (including phenoxy) is 1. The minimum Gasteiger partial charge on any atom is -0.481 e. The number of rotatable bonds is 6. The number of carbonyl (C=O) groups is 1. The molecule has 1 aromatic carbocycles. The van der Waals surface area contributed by atoms with Crippen molar-refractivity contribution in [3.63, 3.8) is 0 Å². The highest BCUT2D eigenvalue weighted by Crippen LogP contribution is 2.60. The fraction of sp³-hybridized carbons (Fsp3) is 0.682. The van der Waals surface area contributed by atoms with Crippen LogP contribution in [-0.4, -0.2) is 42.2 Å². The van der Waals surface area contributed by atoms with Crippen molar-refractivity contribution in [1.82, 2.24) is 4.90 Å². The maximum Gasteiger partial charge on any atom is 0.263 e. The average molecular weight is 357 g/mol. The third kappa shape index (κ3) is 3.24. The van der Waals surface area contributed by atoms with Gasteiger partial charge in [0.05, 0.1) is 6.61 Å². The lowest BCUT2D eigenvalue weighted by molar-refractivity contribution is -0.137. The van der Waals surface area contributed by atoms with Crippen molar-refractivity contribution >= 4 is 5.91 Å². The van der Waals surface area contributed by atoms with E-state index in [1.54, 1.807) is 14.0 Å². The number of benzene rings is 1. The van der Waals surface area contributed by atoms with Crippen molar-refractivity contribution in [1.29, 1.82) is 0 Å². The van der Waals surface area contributed by atoms with Crippen LogP contribution in [0.4, 0.5) is 0 Å². The Morgan fingerprint density at radius 1 is 1.15 bits per heavy atom. The SMILES string of the molecule is CC(Oc1ccc(C23CC4CC(CC(C4)C2)C3)cc1)C(=O)N(C)CCO. The van der Waals surface area contributed by atoms with E-state index in [2.05, 4.69) is 12.1 Å². The molecule has 4 aliphatic carbocycles. The molecule has 4 bridgehead atoms. The van der Waals surface area contributed by atoms with E-state index in [1.165, 1.54) is 49.0 Å². The van der Waals surface area contributed by atoms with Crippen molar-refractivity contribution in [2.45, 2.75) is 57.0 Å². The Labute approximate surface area is 156 Å². The monoisotopic (exact) mass is 357 g/mol. The number of carbonyl (C=O) groups excluding carboxylic acids is 1. The second-order valence-corrected chi connectivity index (χ2v) is 8.97. The molecule has 4 heteroatoms. The topological polar surface area (TPSA) is 49.8 Å². The second kappa shape index (κ2) is 6.88. The van der Waals surface area contributed by atoms with Crippen LogP contribution in [-0.2, 0) is 10.2 Å². The zero-order valence-corrected chi connectivity index (χ0v) is 16.0. The van der Waals surface area contributed by atoms with Gasteiger partial charge in [-0.1, -0.05) is 12.1 Å². The molecule has 1 aromatic rings. The summed E-state index contributed by atoms with van der Waals surface area (Å²) in [5.41, 5.74) is 1.87. The number of amides is 1. The van der Waals surface area contributed by atoms with Crippen LogP contribution in [0.2, 0.25) is 0 Å². The van der Waals surface area contributed by atoms with Gasteiger partial charge in [0.15, 0.2) is 6.10 Å². The highest BCUT2D eigenvalue weighted by Gasteiger charge is 2.51. The first-order valence-corrected chi connectivity index (χ1v) is 10.1. The van der Waals surface area contributed by atoms with Gasteiger partial charge in [0.2, 0.25) is 0 Å². The molecule has 4 fully saturated rings. The molecule has 26 heavy (non-hydrogen) atoms. The van der Waals surface area contributed by atoms with E-state index in [9.17, 15) is 4.79 Å². The quantitative estimate of drug-likeness (QED) is 0.849. The van der Waals surface area contributed by atoms with Gasteiger partial charge in [-0.25, -0.2) is 0 Å². The lowest BCUT2D eigenvalue weighted by Crippen LogP contribution is -2.48. The number of likely N-dealkylation sites (N-methyl/N-ethyl adjacent to an activating group) is 1. The van der Waals surface area contributed by atoms with Crippen LogP contribution in [0.3, 0.4) is 0 Å². The summed E-state index contributed by atoms with van der Waals surface area (Å²) >= 11 is 0. The first-order chi connectivity index (χ1) is 12.5. The van der Waals surface area contributed by atoms with Gasteiger partial charge in [-0.05, 0) is 86.3 Å². The second-order valence-electron chi connectivity index (χ2n) is 8.97. The van der Waals surface area contributed by atoms with Crippen LogP contribution in [0.15, 0.2) is 24.3 Å². The van der Waals surface area contributed by atoms with Crippen LogP contribution < -0.4 is 4.74 Å². The van der Waals surface area contributed by atoms with Crippen molar-refractivity contribution in [2.24, 2.45) is 17.8 Å². The number of aliphatic hydroxyl groups is 1. The number of hydrogen-bond donors (Lipinski definition) is 1. The molecule has 0 radical (unpaired) electrons. The summed E-state index contributed by atoms with van der Waals surface area (Å²) in [5, 5.41) is 8.97. The fourth-order valence-corrected chi connectivity index (χ4v) is 6.18. The number of hydrogen-bond acceptors (Lipinski definition) is 3. The minimum atomic E-state index is -0.544. The maximum atomic E-state index is 12.2. The standard InChI is InChI=1S/C22H31NO3/c1-15(21(25)23(2)7-8-24)26-20-5-3-19(4-6-20)22-12-16-9-17(13-22)11-18(10-16)14-22/h3-6,15-18,24H,7-14H2,1-2H3. The summed E-state index contributed by atoms with van der Waals surface area (Å²) in [5.74, 6) is 3.46. The van der Waals surface area contributed by atoms with E-state index >= 15 is 0 Å². The summed E-state index contributed by atoms with van der Waals surface area (Å²) in [6.07, 6.45) is 7.92. The largest absolute Gasteiger partial charge is 0.481 e. The first-order valence-electron chi connectivity index (χ1n) is 10.1. The smallest absolute Gasteiger partial charge is 0.263 e. The molecule has 0 saturated heterocycles. The van der Waals surface area contributed by atoms with Gasteiger partial charge < -0.3 is 14.7 Å². The summed E-state index contributed by atoms with van der Waals surface area (Å²) < 4.78 is 5.84. The minimum absolute atomic E-state index is 0.0330. The average Bonchev–Trinajstić information content (AvgIpc) is 2.60. The summed E-state index contributed by atoms with van der Waals surface area (Å²) in [6.45, 7) is 2.06. The van der Waals surface area contributed by atoms with Gasteiger partial charge >= 0.3 is 0 Å². The third-order valence-corrected chi connectivity index (χ3v) is 6.98. The van der Waals surface area contributed by atoms with Crippen molar-refractivity contribution in [3.8, 4) is 5.75 Å². The first kappa shape index (κ1) is 17.8. The molecule has 0 aliphatic heterocycles. The Morgan fingerprint density at radius 3 is 2.19 bits per heavy atom. The number of nitrogens with zero attached hydrogens (tertiary/aromatic N) is 1. The van der Waals surface area contributed by atoms with E-state index in [0.29, 0.717) is 12.0 Å². The predicted octanol–water partition coefficient (Wildman–Crippen LogP) is 3.37. The lowest BCUT2D eigenvalue weighted by Gasteiger charge is -2.57. The molecule has 0 heterocycles.